The zero-order valence-corrected chi connectivity index (χ0v) is 6.68. The van der Waals surface area contributed by atoms with E-state index in [1.54, 1.807) is 7.05 Å². The Morgan fingerprint density at radius 3 is 2.45 bits per heavy atom. The van der Waals surface area contributed by atoms with E-state index in [4.69, 9.17) is 23.1 Å². The average Bonchev–Trinajstić information content (AvgIpc) is 1.99. The monoisotopic (exact) mass is 173 g/mol. The molecule has 1 aromatic heterocycles. The summed E-state index contributed by atoms with van der Waals surface area (Å²) in [5.41, 5.74) is 11.0. The van der Waals surface area contributed by atoms with E-state index < -0.39 is 0 Å². The van der Waals surface area contributed by atoms with Gasteiger partial charge in [-0.15, -0.1) is 0 Å². The van der Waals surface area contributed by atoms with Gasteiger partial charge in [0.25, 0.3) is 0 Å². The topological polar surface area (TPSA) is 89.8 Å². The molecule has 60 valence electrons. The Balaban J connectivity index is 3.21. The average molecular weight is 174 g/mol. The van der Waals surface area contributed by atoms with Crippen molar-refractivity contribution in [2.45, 2.75) is 0 Å². The van der Waals surface area contributed by atoms with Crippen molar-refractivity contribution in [3.8, 4) is 0 Å². The van der Waals surface area contributed by atoms with Gasteiger partial charge in [0, 0.05) is 7.05 Å². The molecule has 0 aliphatic heterocycles. The van der Waals surface area contributed by atoms with E-state index in [-0.39, 0.29) is 16.7 Å². The molecule has 0 aliphatic rings. The van der Waals surface area contributed by atoms with Gasteiger partial charge in [-0.1, -0.05) is 11.6 Å². The van der Waals surface area contributed by atoms with Gasteiger partial charge in [-0.3, -0.25) is 0 Å². The van der Waals surface area contributed by atoms with Crippen LogP contribution in [0.25, 0.3) is 0 Å². The van der Waals surface area contributed by atoms with Crippen LogP contribution in [0.15, 0.2) is 0 Å². The van der Waals surface area contributed by atoms with Gasteiger partial charge < -0.3 is 16.8 Å². The van der Waals surface area contributed by atoms with E-state index in [1.807, 2.05) is 0 Å². The zero-order chi connectivity index (χ0) is 8.43. The zero-order valence-electron chi connectivity index (χ0n) is 5.93. The van der Waals surface area contributed by atoms with Gasteiger partial charge in [0.2, 0.25) is 5.95 Å². The standard InChI is InChI=1S/C5H8ClN5/c1-9-5-10-3(6)2(7)4(8)11-5/h7H2,1H3,(H3,8,9,10,11). The van der Waals surface area contributed by atoms with E-state index in [9.17, 15) is 0 Å². The maximum Gasteiger partial charge on any atom is 0.225 e. The third-order valence-corrected chi connectivity index (χ3v) is 1.44. The fourth-order valence-corrected chi connectivity index (χ4v) is 0.747. The Morgan fingerprint density at radius 2 is 2.00 bits per heavy atom. The molecule has 1 rings (SSSR count). The molecule has 1 aromatic rings. The molecule has 0 saturated carbocycles. The fourth-order valence-electron chi connectivity index (χ4n) is 0.570. The van der Waals surface area contributed by atoms with Crippen LogP contribution in [0, 0.1) is 0 Å². The maximum atomic E-state index is 5.60. The lowest BCUT2D eigenvalue weighted by Gasteiger charge is -2.03. The minimum absolute atomic E-state index is 0.168. The quantitative estimate of drug-likeness (QED) is 0.533. The lowest BCUT2D eigenvalue weighted by atomic mass is 10.5. The van der Waals surface area contributed by atoms with Crippen molar-refractivity contribution in [3.05, 3.63) is 5.15 Å². The summed E-state index contributed by atoms with van der Waals surface area (Å²) >= 11 is 5.60. The highest BCUT2D eigenvalue weighted by molar-refractivity contribution is 6.32. The summed E-state index contributed by atoms with van der Waals surface area (Å²) in [4.78, 5) is 7.59. The van der Waals surface area contributed by atoms with E-state index >= 15 is 0 Å². The Bertz CT molecular complexity index is 251. The van der Waals surface area contributed by atoms with Crippen LogP contribution in [0.4, 0.5) is 17.5 Å². The molecule has 1 heterocycles. The predicted octanol–water partition coefficient (Wildman–Crippen LogP) is 0.336. The molecule has 0 radical (unpaired) electrons. The van der Waals surface area contributed by atoms with Crippen molar-refractivity contribution in [2.75, 3.05) is 23.8 Å². The van der Waals surface area contributed by atoms with Gasteiger partial charge >= 0.3 is 0 Å². The summed E-state index contributed by atoms with van der Waals surface area (Å²) in [5.74, 6) is 0.552. The van der Waals surface area contributed by atoms with Gasteiger partial charge in [0.1, 0.15) is 5.69 Å². The van der Waals surface area contributed by atoms with Crippen LogP contribution in [0.1, 0.15) is 0 Å². The van der Waals surface area contributed by atoms with Crippen LogP contribution < -0.4 is 16.8 Å². The van der Waals surface area contributed by atoms with Crippen LogP contribution in [0.3, 0.4) is 0 Å². The van der Waals surface area contributed by atoms with Crippen molar-refractivity contribution < 1.29 is 0 Å². The number of aromatic nitrogens is 2. The Hall–Kier alpha value is -1.23. The van der Waals surface area contributed by atoms with Crippen molar-refractivity contribution >= 4 is 29.1 Å². The number of nitrogens with zero attached hydrogens (tertiary/aromatic N) is 2. The first-order valence-corrected chi connectivity index (χ1v) is 3.29. The molecule has 0 fully saturated rings. The molecule has 0 saturated heterocycles. The number of nitrogen functional groups attached to an aromatic ring is 2. The molecular weight excluding hydrogens is 166 g/mol. The van der Waals surface area contributed by atoms with Crippen LogP contribution in [0.2, 0.25) is 5.15 Å². The number of hydrogen-bond donors (Lipinski definition) is 3. The summed E-state index contributed by atoms with van der Waals surface area (Å²) in [6.45, 7) is 0. The molecule has 11 heavy (non-hydrogen) atoms. The van der Waals surface area contributed by atoms with E-state index in [2.05, 4.69) is 15.3 Å². The van der Waals surface area contributed by atoms with Gasteiger partial charge in [0.15, 0.2) is 11.0 Å². The third-order valence-electron chi connectivity index (χ3n) is 1.15. The number of anilines is 3. The lowest BCUT2D eigenvalue weighted by molar-refractivity contribution is 1.16. The molecule has 0 amide bonds. The van der Waals surface area contributed by atoms with Gasteiger partial charge in [-0.25, -0.2) is 0 Å². The second kappa shape index (κ2) is 2.79. The lowest BCUT2D eigenvalue weighted by Crippen LogP contribution is -2.04. The molecule has 0 atom stereocenters. The normalized spacial score (nSPS) is 9.64. The van der Waals surface area contributed by atoms with Crippen molar-refractivity contribution in [1.29, 1.82) is 0 Å². The van der Waals surface area contributed by atoms with Gasteiger partial charge in [0.05, 0.1) is 0 Å². The Morgan fingerprint density at radius 1 is 1.36 bits per heavy atom. The first-order valence-electron chi connectivity index (χ1n) is 2.91. The molecule has 5 N–H and O–H groups in total. The SMILES string of the molecule is CNc1nc(N)c(N)c(Cl)n1. The van der Waals surface area contributed by atoms with E-state index in [0.717, 1.165) is 0 Å². The van der Waals surface area contributed by atoms with Gasteiger partial charge in [-0.05, 0) is 0 Å². The molecular formula is C5H8ClN5. The van der Waals surface area contributed by atoms with Crippen molar-refractivity contribution in [1.82, 2.24) is 9.97 Å². The summed E-state index contributed by atoms with van der Waals surface area (Å²) in [6, 6.07) is 0. The number of rotatable bonds is 1. The highest BCUT2D eigenvalue weighted by Crippen LogP contribution is 2.21. The van der Waals surface area contributed by atoms with Crippen LogP contribution in [0.5, 0.6) is 0 Å². The number of nitrogens with one attached hydrogen (secondary N) is 1. The highest BCUT2D eigenvalue weighted by Gasteiger charge is 2.04. The minimum atomic E-state index is 0.168. The molecule has 5 nitrogen and oxygen atoms in total. The smallest absolute Gasteiger partial charge is 0.225 e. The molecule has 0 unspecified atom stereocenters. The first kappa shape index (κ1) is 7.87. The second-order valence-corrected chi connectivity index (χ2v) is 2.24. The molecule has 0 aromatic carbocycles. The van der Waals surface area contributed by atoms with Crippen molar-refractivity contribution in [3.63, 3.8) is 0 Å². The maximum absolute atomic E-state index is 5.60. The predicted molar refractivity (Wildman–Crippen MR) is 45.4 cm³/mol. The summed E-state index contributed by atoms with van der Waals surface area (Å²) in [7, 11) is 1.67. The largest absolute Gasteiger partial charge is 0.393 e. The first-order chi connectivity index (χ1) is 5.15. The summed E-state index contributed by atoms with van der Waals surface area (Å²) < 4.78 is 0. The molecule has 0 aliphatic carbocycles. The van der Waals surface area contributed by atoms with E-state index in [0.29, 0.717) is 5.95 Å². The number of hydrogen-bond acceptors (Lipinski definition) is 5. The van der Waals surface area contributed by atoms with Gasteiger partial charge in [-0.2, -0.15) is 9.97 Å². The molecule has 6 heteroatoms. The second-order valence-electron chi connectivity index (χ2n) is 1.89. The van der Waals surface area contributed by atoms with E-state index in [1.165, 1.54) is 0 Å². The number of nitrogens with two attached hydrogens (primary N) is 2. The third kappa shape index (κ3) is 1.43. The van der Waals surface area contributed by atoms with Crippen LogP contribution >= 0.6 is 11.6 Å². The van der Waals surface area contributed by atoms with Crippen molar-refractivity contribution in [2.24, 2.45) is 0 Å². The fraction of sp³-hybridized carbons (Fsp3) is 0.200. The molecule has 0 bridgehead atoms. The van der Waals surface area contributed by atoms with Crippen LogP contribution in [-0.4, -0.2) is 17.0 Å². The number of halogens is 1. The summed E-state index contributed by atoms with van der Waals surface area (Å²) in [6.07, 6.45) is 0. The van der Waals surface area contributed by atoms with Crippen LogP contribution in [-0.2, 0) is 0 Å². The minimum Gasteiger partial charge on any atom is -0.393 e. The highest BCUT2D eigenvalue weighted by atomic mass is 35.5. The molecule has 0 spiro atoms. The Kier molecular flexibility index (Phi) is 2.00. The summed E-state index contributed by atoms with van der Waals surface area (Å²) in [5, 5.41) is 2.86. The Labute approximate surface area is 68.8 Å².